The molecule has 0 spiro atoms. The molecule has 0 aromatic carbocycles. The Hall–Kier alpha value is 0.217. The summed E-state index contributed by atoms with van der Waals surface area (Å²) in [5.74, 6) is 0. The molecule has 0 atom stereocenters. The lowest BCUT2D eigenvalue weighted by molar-refractivity contribution is 0.752. The Balaban J connectivity index is 3.07. The molecule has 0 rings (SSSR count). The SMILES string of the molecule is [CH2]CC[CH][SiH2]C(C)(C)C. The fourth-order valence-corrected chi connectivity index (χ4v) is 2.04. The molecule has 0 unspecified atom stereocenters. The maximum absolute atomic E-state index is 3.80. The van der Waals surface area contributed by atoms with E-state index in [9.17, 15) is 0 Å². The van der Waals surface area contributed by atoms with Gasteiger partial charge >= 0.3 is 0 Å². The van der Waals surface area contributed by atoms with Crippen LogP contribution < -0.4 is 0 Å². The first-order valence-electron chi connectivity index (χ1n) is 3.67. The first-order chi connectivity index (χ1) is 4.06. The largest absolute Gasteiger partial charge is 0.0631 e. The van der Waals surface area contributed by atoms with Crippen molar-refractivity contribution in [2.45, 2.75) is 38.7 Å². The van der Waals surface area contributed by atoms with Gasteiger partial charge in [-0.15, -0.1) is 0 Å². The molecule has 0 aliphatic rings. The van der Waals surface area contributed by atoms with E-state index in [0.29, 0.717) is 5.04 Å². The molecule has 0 saturated carbocycles. The zero-order valence-electron chi connectivity index (χ0n) is 6.91. The second-order valence-corrected chi connectivity index (χ2v) is 6.80. The average molecular weight is 142 g/mol. The molecule has 2 radical (unpaired) electrons. The highest BCUT2D eigenvalue weighted by molar-refractivity contribution is 6.43. The van der Waals surface area contributed by atoms with E-state index in [4.69, 9.17) is 0 Å². The standard InChI is InChI=1S/C8H18Si/c1-5-6-7-9-8(2,3)4/h7H,1,5-6,9H2,2-4H3. The van der Waals surface area contributed by atoms with Gasteiger partial charge in [0.1, 0.15) is 0 Å². The maximum Gasteiger partial charge on any atom is 0.0292 e. The normalized spacial score (nSPS) is 13.3. The van der Waals surface area contributed by atoms with Crippen molar-refractivity contribution < 1.29 is 0 Å². The highest BCUT2D eigenvalue weighted by atomic mass is 28.2. The molecular weight excluding hydrogens is 124 g/mol. The van der Waals surface area contributed by atoms with Crippen LogP contribution in [0.4, 0.5) is 0 Å². The molecule has 0 saturated heterocycles. The molecule has 0 bridgehead atoms. The zero-order valence-corrected chi connectivity index (χ0v) is 8.32. The van der Waals surface area contributed by atoms with Crippen LogP contribution in [0.3, 0.4) is 0 Å². The van der Waals surface area contributed by atoms with Crippen LogP contribution in [0.25, 0.3) is 0 Å². The van der Waals surface area contributed by atoms with E-state index in [0.717, 1.165) is 6.42 Å². The number of hydrogen-bond acceptors (Lipinski definition) is 0. The van der Waals surface area contributed by atoms with Crippen LogP contribution in [-0.2, 0) is 0 Å². The monoisotopic (exact) mass is 142 g/mol. The minimum absolute atomic E-state index is 0.0736. The fourth-order valence-electron chi connectivity index (χ4n) is 0.679. The van der Waals surface area contributed by atoms with Gasteiger partial charge in [-0.25, -0.2) is 0 Å². The Bertz CT molecular complexity index is 61.5. The number of unbranched alkanes of at least 4 members (excludes halogenated alkanes) is 1. The summed E-state index contributed by atoms with van der Waals surface area (Å²) < 4.78 is 0. The molecule has 0 amide bonds. The van der Waals surface area contributed by atoms with E-state index in [1.54, 1.807) is 0 Å². The summed E-state index contributed by atoms with van der Waals surface area (Å²) in [4.78, 5) is 0. The lowest BCUT2D eigenvalue weighted by Gasteiger charge is -2.15. The van der Waals surface area contributed by atoms with Crippen LogP contribution in [0.5, 0.6) is 0 Å². The molecular formula is C8H18Si. The van der Waals surface area contributed by atoms with Crippen molar-refractivity contribution in [2.75, 3.05) is 0 Å². The van der Waals surface area contributed by atoms with Gasteiger partial charge in [0.15, 0.2) is 0 Å². The van der Waals surface area contributed by atoms with Gasteiger partial charge in [-0.2, -0.15) is 0 Å². The molecule has 0 aromatic heterocycles. The van der Waals surface area contributed by atoms with Gasteiger partial charge in [0, 0.05) is 9.52 Å². The second kappa shape index (κ2) is 4.10. The summed E-state index contributed by atoms with van der Waals surface area (Å²) in [6, 6.07) is 2.47. The van der Waals surface area contributed by atoms with E-state index in [1.807, 2.05) is 0 Å². The minimum atomic E-state index is 0.0736. The maximum atomic E-state index is 3.80. The van der Waals surface area contributed by atoms with E-state index in [-0.39, 0.29) is 9.52 Å². The van der Waals surface area contributed by atoms with Crippen molar-refractivity contribution in [3.63, 3.8) is 0 Å². The van der Waals surface area contributed by atoms with Gasteiger partial charge in [-0.1, -0.05) is 46.6 Å². The van der Waals surface area contributed by atoms with Crippen LogP contribution in [0.1, 0.15) is 33.6 Å². The van der Waals surface area contributed by atoms with Crippen molar-refractivity contribution in [2.24, 2.45) is 0 Å². The third kappa shape index (κ3) is 8.22. The highest BCUT2D eigenvalue weighted by Crippen LogP contribution is 2.21. The summed E-state index contributed by atoms with van der Waals surface area (Å²) in [6.45, 7) is 10.8. The third-order valence-electron chi connectivity index (χ3n) is 1.16. The van der Waals surface area contributed by atoms with Gasteiger partial charge in [0.25, 0.3) is 0 Å². The summed E-state index contributed by atoms with van der Waals surface area (Å²) in [6.07, 6.45) is 2.30. The molecule has 54 valence electrons. The van der Waals surface area contributed by atoms with Crippen molar-refractivity contribution >= 4 is 9.52 Å². The summed E-state index contributed by atoms with van der Waals surface area (Å²) >= 11 is 0. The van der Waals surface area contributed by atoms with Crippen LogP contribution in [-0.4, -0.2) is 9.52 Å². The summed E-state index contributed by atoms with van der Waals surface area (Å²) in [5.41, 5.74) is 0. The molecule has 0 nitrogen and oxygen atoms in total. The van der Waals surface area contributed by atoms with E-state index in [2.05, 4.69) is 33.7 Å². The third-order valence-corrected chi connectivity index (χ3v) is 3.09. The predicted molar refractivity (Wildman–Crippen MR) is 47.2 cm³/mol. The van der Waals surface area contributed by atoms with Crippen LogP contribution in [0, 0.1) is 13.0 Å². The Morgan fingerprint density at radius 3 is 2.33 bits per heavy atom. The van der Waals surface area contributed by atoms with Crippen LogP contribution in [0.2, 0.25) is 5.04 Å². The van der Waals surface area contributed by atoms with E-state index >= 15 is 0 Å². The Labute approximate surface area is 61.9 Å². The van der Waals surface area contributed by atoms with Crippen LogP contribution in [0.15, 0.2) is 0 Å². The number of hydrogen-bond donors (Lipinski definition) is 0. The number of rotatable bonds is 3. The lowest BCUT2D eigenvalue weighted by Crippen LogP contribution is -2.08. The molecule has 1 heteroatoms. The van der Waals surface area contributed by atoms with Gasteiger partial charge < -0.3 is 0 Å². The molecule has 0 heterocycles. The van der Waals surface area contributed by atoms with Gasteiger partial charge in [0.05, 0.1) is 0 Å². The fraction of sp³-hybridized carbons (Fsp3) is 0.750. The molecule has 0 aliphatic heterocycles. The molecule has 0 aromatic rings. The Morgan fingerprint density at radius 1 is 1.44 bits per heavy atom. The van der Waals surface area contributed by atoms with Crippen LogP contribution >= 0.6 is 0 Å². The van der Waals surface area contributed by atoms with Gasteiger partial charge in [-0.3, -0.25) is 0 Å². The van der Waals surface area contributed by atoms with Crippen molar-refractivity contribution in [3.05, 3.63) is 13.0 Å². The Morgan fingerprint density at radius 2 is 2.00 bits per heavy atom. The molecule has 0 N–H and O–H groups in total. The molecule has 9 heavy (non-hydrogen) atoms. The highest BCUT2D eigenvalue weighted by Gasteiger charge is 2.08. The second-order valence-electron chi connectivity index (χ2n) is 3.70. The smallest absolute Gasteiger partial charge is 0.0292 e. The zero-order chi connectivity index (χ0) is 7.33. The van der Waals surface area contributed by atoms with E-state index in [1.165, 1.54) is 6.42 Å². The average Bonchev–Trinajstić information content (AvgIpc) is 1.63. The summed E-state index contributed by atoms with van der Waals surface area (Å²) in [7, 11) is 0.0736. The summed E-state index contributed by atoms with van der Waals surface area (Å²) in [5, 5.41) is 0.606. The lowest BCUT2D eigenvalue weighted by atomic mass is 10.2. The topological polar surface area (TPSA) is 0 Å². The minimum Gasteiger partial charge on any atom is -0.0631 e. The van der Waals surface area contributed by atoms with Gasteiger partial charge in [-0.05, 0) is 5.04 Å². The van der Waals surface area contributed by atoms with Crippen molar-refractivity contribution in [1.82, 2.24) is 0 Å². The quantitative estimate of drug-likeness (QED) is 0.418. The van der Waals surface area contributed by atoms with Crippen molar-refractivity contribution in [3.8, 4) is 0 Å². The van der Waals surface area contributed by atoms with Gasteiger partial charge in [0.2, 0.25) is 0 Å². The first kappa shape index (κ1) is 9.22. The Kier molecular flexibility index (Phi) is 4.20. The molecule has 0 fully saturated rings. The van der Waals surface area contributed by atoms with Crippen molar-refractivity contribution in [1.29, 1.82) is 0 Å². The first-order valence-corrected chi connectivity index (χ1v) is 5.19. The molecule has 0 aliphatic carbocycles. The van der Waals surface area contributed by atoms with E-state index < -0.39 is 0 Å². The predicted octanol–water partition coefficient (Wildman–Crippen LogP) is 2.15.